The summed E-state index contributed by atoms with van der Waals surface area (Å²) in [5, 5.41) is 6.25. The molecule has 0 saturated carbocycles. The van der Waals surface area contributed by atoms with Crippen molar-refractivity contribution >= 4 is 35.0 Å². The van der Waals surface area contributed by atoms with Crippen LogP contribution in [0.1, 0.15) is 12.5 Å². The molecule has 10 heteroatoms. The first-order valence-electron chi connectivity index (χ1n) is 11.2. The van der Waals surface area contributed by atoms with Crippen molar-refractivity contribution < 1.29 is 9.53 Å². The third-order valence-corrected chi connectivity index (χ3v) is 5.95. The number of urea groups is 1. The van der Waals surface area contributed by atoms with E-state index in [-0.39, 0.29) is 12.0 Å². The SMILES string of the molecule is CCN1CCN(Cc2ccc(NC(=O)Nc3ccc(Oc4ccnc(N)n4)cc3)cc2Cl)CC1. The van der Waals surface area contributed by atoms with Crippen LogP contribution in [-0.4, -0.2) is 58.5 Å². The number of anilines is 3. The van der Waals surface area contributed by atoms with Crippen LogP contribution in [0.25, 0.3) is 0 Å². The fourth-order valence-electron chi connectivity index (χ4n) is 3.69. The number of amides is 2. The summed E-state index contributed by atoms with van der Waals surface area (Å²) in [6, 6.07) is 13.8. The van der Waals surface area contributed by atoms with Crippen LogP contribution in [0.3, 0.4) is 0 Å². The molecule has 4 rings (SSSR count). The zero-order chi connectivity index (χ0) is 23.9. The third-order valence-electron chi connectivity index (χ3n) is 5.60. The predicted octanol–water partition coefficient (Wildman–Crippen LogP) is 4.29. The van der Waals surface area contributed by atoms with E-state index in [4.69, 9.17) is 22.1 Å². The highest BCUT2D eigenvalue weighted by atomic mass is 35.5. The largest absolute Gasteiger partial charge is 0.439 e. The maximum atomic E-state index is 12.4. The molecule has 3 aromatic rings. The van der Waals surface area contributed by atoms with Crippen LogP contribution < -0.4 is 21.1 Å². The molecule has 4 N–H and O–H groups in total. The summed E-state index contributed by atoms with van der Waals surface area (Å²) >= 11 is 6.50. The van der Waals surface area contributed by atoms with Crippen LogP contribution in [-0.2, 0) is 6.54 Å². The summed E-state index contributed by atoms with van der Waals surface area (Å²) in [4.78, 5) is 25.1. The number of hydrogen-bond donors (Lipinski definition) is 3. The molecular formula is C24H28ClN7O2. The lowest BCUT2D eigenvalue weighted by Crippen LogP contribution is -2.45. The Kier molecular flexibility index (Phi) is 7.79. The quantitative estimate of drug-likeness (QED) is 0.462. The van der Waals surface area contributed by atoms with Gasteiger partial charge in [0.1, 0.15) is 5.75 Å². The van der Waals surface area contributed by atoms with Crippen LogP contribution in [0, 0.1) is 0 Å². The van der Waals surface area contributed by atoms with E-state index >= 15 is 0 Å². The third kappa shape index (κ3) is 6.57. The molecule has 0 spiro atoms. The van der Waals surface area contributed by atoms with Crippen LogP contribution >= 0.6 is 11.6 Å². The Bertz CT molecular complexity index is 1120. The zero-order valence-electron chi connectivity index (χ0n) is 19.0. The molecule has 0 atom stereocenters. The van der Waals surface area contributed by atoms with Gasteiger partial charge < -0.3 is 26.0 Å². The molecule has 1 aromatic heterocycles. The van der Waals surface area contributed by atoms with Gasteiger partial charge in [0.05, 0.1) is 0 Å². The first-order valence-corrected chi connectivity index (χ1v) is 11.5. The molecule has 9 nitrogen and oxygen atoms in total. The van der Waals surface area contributed by atoms with Crippen molar-refractivity contribution in [1.82, 2.24) is 19.8 Å². The number of nitrogens with two attached hydrogens (primary N) is 1. The number of nitrogens with one attached hydrogen (secondary N) is 2. The smallest absolute Gasteiger partial charge is 0.323 e. The summed E-state index contributed by atoms with van der Waals surface area (Å²) in [6.45, 7) is 8.31. The van der Waals surface area contributed by atoms with Crippen LogP contribution in [0.4, 0.5) is 22.1 Å². The average Bonchev–Trinajstić information content (AvgIpc) is 2.82. The molecule has 1 aliphatic heterocycles. The van der Waals surface area contributed by atoms with Gasteiger partial charge in [-0.3, -0.25) is 4.90 Å². The van der Waals surface area contributed by atoms with Gasteiger partial charge in [0.2, 0.25) is 11.8 Å². The summed E-state index contributed by atoms with van der Waals surface area (Å²) in [5.41, 5.74) is 7.85. The van der Waals surface area contributed by atoms with Gasteiger partial charge in [-0.15, -0.1) is 0 Å². The molecule has 0 unspecified atom stereocenters. The van der Waals surface area contributed by atoms with E-state index < -0.39 is 0 Å². The van der Waals surface area contributed by atoms with E-state index in [0.717, 1.165) is 44.8 Å². The van der Waals surface area contributed by atoms with Crippen LogP contribution in [0.5, 0.6) is 11.6 Å². The average molecular weight is 482 g/mol. The Morgan fingerprint density at radius 1 is 1.03 bits per heavy atom. The summed E-state index contributed by atoms with van der Waals surface area (Å²) in [6.07, 6.45) is 1.52. The normalized spacial score (nSPS) is 14.5. The number of carbonyl (C=O) groups is 1. The van der Waals surface area contributed by atoms with Gasteiger partial charge in [-0.1, -0.05) is 24.6 Å². The van der Waals surface area contributed by atoms with E-state index in [0.29, 0.717) is 28.0 Å². The number of benzene rings is 2. The van der Waals surface area contributed by atoms with Gasteiger partial charge in [0, 0.05) is 61.4 Å². The van der Waals surface area contributed by atoms with Crippen molar-refractivity contribution in [3.8, 4) is 11.6 Å². The number of hydrogen-bond acceptors (Lipinski definition) is 7. The van der Waals surface area contributed by atoms with Gasteiger partial charge in [-0.05, 0) is 48.5 Å². The second kappa shape index (κ2) is 11.1. The Labute approximate surface area is 203 Å². The van der Waals surface area contributed by atoms with Crippen molar-refractivity contribution in [3.63, 3.8) is 0 Å². The molecule has 0 aliphatic carbocycles. The second-order valence-corrected chi connectivity index (χ2v) is 8.38. The molecule has 2 amide bonds. The van der Waals surface area contributed by atoms with E-state index in [9.17, 15) is 4.79 Å². The van der Waals surface area contributed by atoms with Gasteiger partial charge in [-0.2, -0.15) is 4.98 Å². The number of rotatable bonds is 7. The minimum absolute atomic E-state index is 0.135. The summed E-state index contributed by atoms with van der Waals surface area (Å²) in [5.74, 6) is 1.03. The minimum Gasteiger partial charge on any atom is -0.439 e. The molecule has 0 bridgehead atoms. The van der Waals surface area contributed by atoms with Crippen molar-refractivity contribution in [2.75, 3.05) is 49.1 Å². The van der Waals surface area contributed by atoms with E-state index in [2.05, 4.69) is 37.3 Å². The van der Waals surface area contributed by atoms with Crippen LogP contribution in [0.15, 0.2) is 54.7 Å². The van der Waals surface area contributed by atoms with Crippen molar-refractivity contribution in [3.05, 3.63) is 65.3 Å². The highest BCUT2D eigenvalue weighted by molar-refractivity contribution is 6.31. The zero-order valence-corrected chi connectivity index (χ0v) is 19.8. The van der Waals surface area contributed by atoms with Gasteiger partial charge in [0.15, 0.2) is 0 Å². The lowest BCUT2D eigenvalue weighted by molar-refractivity contribution is 0.132. The first kappa shape index (κ1) is 23.7. The Morgan fingerprint density at radius 2 is 1.71 bits per heavy atom. The van der Waals surface area contributed by atoms with Crippen molar-refractivity contribution in [2.45, 2.75) is 13.5 Å². The van der Waals surface area contributed by atoms with Crippen molar-refractivity contribution in [2.24, 2.45) is 0 Å². The molecular weight excluding hydrogens is 454 g/mol. The topological polar surface area (TPSA) is 109 Å². The Morgan fingerprint density at radius 3 is 2.38 bits per heavy atom. The molecule has 178 valence electrons. The molecule has 2 aromatic carbocycles. The number of nitrogens with zero attached hydrogens (tertiary/aromatic N) is 4. The first-order chi connectivity index (χ1) is 16.5. The maximum Gasteiger partial charge on any atom is 0.323 e. The number of aromatic nitrogens is 2. The minimum atomic E-state index is -0.364. The number of carbonyl (C=O) groups excluding carboxylic acids is 1. The monoisotopic (exact) mass is 481 g/mol. The summed E-state index contributed by atoms with van der Waals surface area (Å²) < 4.78 is 5.62. The number of nitrogen functional groups attached to an aromatic ring is 1. The standard InChI is InChI=1S/C24H28ClN7O2/c1-2-31-11-13-32(14-12-31)16-17-3-4-19(15-21(17)25)29-24(33)28-18-5-7-20(8-6-18)34-22-9-10-27-23(26)30-22/h3-10,15H,2,11-14,16H2,1H3,(H2,26,27,30)(H2,28,29,33). The Balaban J connectivity index is 1.28. The van der Waals surface area contributed by atoms with Crippen molar-refractivity contribution in [1.29, 1.82) is 0 Å². The van der Waals surface area contributed by atoms with Gasteiger partial charge >= 0.3 is 6.03 Å². The van der Waals surface area contributed by atoms with E-state index in [1.807, 2.05) is 12.1 Å². The molecule has 34 heavy (non-hydrogen) atoms. The predicted molar refractivity (Wildman–Crippen MR) is 134 cm³/mol. The number of ether oxygens (including phenoxy) is 1. The van der Waals surface area contributed by atoms with Gasteiger partial charge in [0.25, 0.3) is 0 Å². The van der Waals surface area contributed by atoms with E-state index in [1.165, 1.54) is 6.20 Å². The Hall–Kier alpha value is -3.40. The lowest BCUT2D eigenvalue weighted by Gasteiger charge is -2.34. The second-order valence-electron chi connectivity index (χ2n) is 7.98. The van der Waals surface area contributed by atoms with Gasteiger partial charge in [-0.25, -0.2) is 9.78 Å². The molecule has 2 heterocycles. The fourth-order valence-corrected chi connectivity index (χ4v) is 3.93. The molecule has 1 fully saturated rings. The molecule has 0 radical (unpaired) electrons. The van der Waals surface area contributed by atoms with E-state index in [1.54, 1.807) is 36.4 Å². The highest BCUT2D eigenvalue weighted by Crippen LogP contribution is 2.24. The maximum absolute atomic E-state index is 12.4. The lowest BCUT2D eigenvalue weighted by atomic mass is 10.1. The fraction of sp³-hybridized carbons (Fsp3) is 0.292. The molecule has 1 aliphatic rings. The number of halogens is 1. The molecule has 1 saturated heterocycles. The number of piperazine rings is 1. The summed E-state index contributed by atoms with van der Waals surface area (Å²) in [7, 11) is 0. The number of likely N-dealkylation sites (N-methyl/N-ethyl adjacent to an activating group) is 1. The highest BCUT2D eigenvalue weighted by Gasteiger charge is 2.16. The van der Waals surface area contributed by atoms with Crippen LogP contribution in [0.2, 0.25) is 5.02 Å².